The molecule has 1 atom stereocenters. The number of benzene rings is 1. The van der Waals surface area contributed by atoms with Gasteiger partial charge in [-0.05, 0) is 57.3 Å². The summed E-state index contributed by atoms with van der Waals surface area (Å²) >= 11 is 0. The van der Waals surface area contributed by atoms with E-state index in [9.17, 15) is 4.79 Å². The molecule has 2 saturated heterocycles. The van der Waals surface area contributed by atoms with Gasteiger partial charge in [-0.1, -0.05) is 31.2 Å². The Kier molecular flexibility index (Phi) is 6.13. The van der Waals surface area contributed by atoms with Gasteiger partial charge in [-0.2, -0.15) is 0 Å². The van der Waals surface area contributed by atoms with Crippen LogP contribution in [0.15, 0.2) is 24.3 Å². The van der Waals surface area contributed by atoms with Crippen molar-refractivity contribution in [2.24, 2.45) is 5.92 Å². The summed E-state index contributed by atoms with van der Waals surface area (Å²) in [6, 6.07) is 9.58. The zero-order chi connectivity index (χ0) is 17.8. The van der Waals surface area contributed by atoms with Crippen molar-refractivity contribution in [3.05, 3.63) is 35.4 Å². The molecule has 25 heavy (non-hydrogen) atoms. The Morgan fingerprint density at radius 2 is 1.84 bits per heavy atom. The normalized spacial score (nSPS) is 23.2. The largest absolute Gasteiger partial charge is 0.333 e. The molecule has 4 nitrogen and oxygen atoms in total. The second-order valence-corrected chi connectivity index (χ2v) is 7.75. The van der Waals surface area contributed by atoms with Crippen LogP contribution >= 0.6 is 0 Å². The number of piperidine rings is 1. The molecule has 0 spiro atoms. The third-order valence-corrected chi connectivity index (χ3v) is 5.91. The van der Waals surface area contributed by atoms with Crippen molar-refractivity contribution in [1.82, 2.24) is 15.1 Å². The number of carbonyl (C=O) groups excluding carboxylic acids is 1. The van der Waals surface area contributed by atoms with Gasteiger partial charge < -0.3 is 15.1 Å². The van der Waals surface area contributed by atoms with Gasteiger partial charge in [0.15, 0.2) is 0 Å². The number of amides is 1. The van der Waals surface area contributed by atoms with Crippen LogP contribution in [0.5, 0.6) is 0 Å². The highest BCUT2D eigenvalue weighted by atomic mass is 16.2. The summed E-state index contributed by atoms with van der Waals surface area (Å²) in [7, 11) is 0. The van der Waals surface area contributed by atoms with Gasteiger partial charge in [0.1, 0.15) is 0 Å². The average Bonchev–Trinajstić information content (AvgIpc) is 2.67. The van der Waals surface area contributed by atoms with E-state index in [1.54, 1.807) is 0 Å². The highest BCUT2D eigenvalue weighted by Crippen LogP contribution is 2.28. The van der Waals surface area contributed by atoms with Gasteiger partial charge in [0.05, 0.1) is 6.04 Å². The van der Waals surface area contributed by atoms with Crippen LogP contribution < -0.4 is 5.32 Å². The van der Waals surface area contributed by atoms with E-state index < -0.39 is 0 Å². The first-order chi connectivity index (χ1) is 12.1. The number of hydrogen-bond acceptors (Lipinski definition) is 3. The summed E-state index contributed by atoms with van der Waals surface area (Å²) < 4.78 is 0. The molecule has 1 unspecified atom stereocenters. The Hall–Kier alpha value is -1.39. The lowest BCUT2D eigenvalue weighted by molar-refractivity contribution is -0.140. The van der Waals surface area contributed by atoms with Crippen molar-refractivity contribution in [3.8, 4) is 0 Å². The van der Waals surface area contributed by atoms with Crippen LogP contribution in [0, 0.1) is 5.92 Å². The van der Waals surface area contributed by atoms with E-state index in [-0.39, 0.29) is 12.0 Å². The maximum Gasteiger partial charge on any atom is 0.226 e. The van der Waals surface area contributed by atoms with Gasteiger partial charge in [-0.15, -0.1) is 0 Å². The maximum atomic E-state index is 13.2. The monoisotopic (exact) mass is 343 g/mol. The quantitative estimate of drug-likeness (QED) is 0.913. The second-order valence-electron chi connectivity index (χ2n) is 7.75. The number of nitrogens with zero attached hydrogens (tertiary/aromatic N) is 2. The smallest absolute Gasteiger partial charge is 0.226 e. The molecule has 1 N–H and O–H groups in total. The van der Waals surface area contributed by atoms with Crippen LogP contribution in [0.1, 0.15) is 50.8 Å². The van der Waals surface area contributed by atoms with Gasteiger partial charge in [0, 0.05) is 31.6 Å². The molecule has 0 aromatic heterocycles. The lowest BCUT2D eigenvalue weighted by Crippen LogP contribution is -2.52. The molecule has 1 amide bonds. The van der Waals surface area contributed by atoms with Gasteiger partial charge in [0.2, 0.25) is 5.91 Å². The molecular formula is C21H33N3O. The SMILES string of the molecule is CCc1ccc(C2CNCCN2C(=O)C2CCN(C(C)C)CC2)cc1. The molecule has 138 valence electrons. The number of hydrogen-bond donors (Lipinski definition) is 1. The van der Waals surface area contributed by atoms with Gasteiger partial charge in [0.25, 0.3) is 0 Å². The third-order valence-electron chi connectivity index (χ3n) is 5.91. The molecule has 3 rings (SSSR count). The van der Waals surface area contributed by atoms with Crippen LogP contribution in [0.25, 0.3) is 0 Å². The number of piperazine rings is 1. The maximum absolute atomic E-state index is 13.2. The van der Waals surface area contributed by atoms with Gasteiger partial charge >= 0.3 is 0 Å². The fraction of sp³-hybridized carbons (Fsp3) is 0.667. The molecule has 2 aliphatic rings. The van der Waals surface area contributed by atoms with E-state index in [4.69, 9.17) is 0 Å². The fourth-order valence-electron chi connectivity index (χ4n) is 4.14. The number of rotatable bonds is 4. The number of likely N-dealkylation sites (tertiary alicyclic amines) is 1. The summed E-state index contributed by atoms with van der Waals surface area (Å²) in [6.45, 7) is 11.4. The summed E-state index contributed by atoms with van der Waals surface area (Å²) in [5.41, 5.74) is 2.61. The van der Waals surface area contributed by atoms with Gasteiger partial charge in [-0.3, -0.25) is 4.79 Å². The van der Waals surface area contributed by atoms with E-state index in [0.29, 0.717) is 11.9 Å². The van der Waals surface area contributed by atoms with Crippen LogP contribution in [0.4, 0.5) is 0 Å². The lowest BCUT2D eigenvalue weighted by Gasteiger charge is -2.41. The summed E-state index contributed by atoms with van der Waals surface area (Å²) in [4.78, 5) is 17.9. The highest BCUT2D eigenvalue weighted by molar-refractivity contribution is 5.79. The summed E-state index contributed by atoms with van der Waals surface area (Å²) in [6.07, 6.45) is 3.06. The standard InChI is InChI=1S/C21H33N3O/c1-4-17-5-7-18(8-6-17)20-15-22-11-14-24(20)21(25)19-9-12-23(13-10-19)16(2)3/h5-8,16,19-20,22H,4,9-15H2,1-3H3. The lowest BCUT2D eigenvalue weighted by atomic mass is 9.92. The van der Waals surface area contributed by atoms with Crippen molar-refractivity contribution >= 4 is 5.91 Å². The Balaban J connectivity index is 1.69. The molecule has 0 radical (unpaired) electrons. The Bertz CT molecular complexity index is 561. The summed E-state index contributed by atoms with van der Waals surface area (Å²) in [5, 5.41) is 3.47. The number of carbonyl (C=O) groups is 1. The fourth-order valence-corrected chi connectivity index (χ4v) is 4.14. The van der Waals surface area contributed by atoms with E-state index in [0.717, 1.165) is 52.0 Å². The van der Waals surface area contributed by atoms with Crippen LogP contribution in [0.2, 0.25) is 0 Å². The predicted molar refractivity (Wildman–Crippen MR) is 103 cm³/mol. The van der Waals surface area contributed by atoms with Crippen molar-refractivity contribution in [3.63, 3.8) is 0 Å². The molecule has 0 saturated carbocycles. The van der Waals surface area contributed by atoms with Crippen molar-refractivity contribution < 1.29 is 4.79 Å². The zero-order valence-electron chi connectivity index (χ0n) is 16.0. The van der Waals surface area contributed by atoms with Crippen LogP contribution in [-0.2, 0) is 11.2 Å². The summed E-state index contributed by atoms with van der Waals surface area (Å²) in [5.74, 6) is 0.569. The first-order valence-corrected chi connectivity index (χ1v) is 9.94. The minimum Gasteiger partial charge on any atom is -0.333 e. The molecule has 2 heterocycles. The minimum absolute atomic E-state index is 0.176. The molecule has 0 bridgehead atoms. The van der Waals surface area contributed by atoms with Crippen LogP contribution in [0.3, 0.4) is 0 Å². The van der Waals surface area contributed by atoms with E-state index >= 15 is 0 Å². The first kappa shape index (κ1) is 18.4. The molecule has 4 heteroatoms. The van der Waals surface area contributed by atoms with E-state index in [1.807, 2.05) is 0 Å². The first-order valence-electron chi connectivity index (χ1n) is 9.94. The number of nitrogens with one attached hydrogen (secondary N) is 1. The van der Waals surface area contributed by atoms with E-state index in [1.165, 1.54) is 11.1 Å². The highest BCUT2D eigenvalue weighted by Gasteiger charge is 2.34. The molecule has 1 aromatic rings. The predicted octanol–water partition coefficient (Wildman–Crippen LogP) is 2.84. The van der Waals surface area contributed by atoms with E-state index in [2.05, 4.69) is 60.2 Å². The van der Waals surface area contributed by atoms with Gasteiger partial charge in [-0.25, -0.2) is 0 Å². The molecule has 0 aliphatic carbocycles. The van der Waals surface area contributed by atoms with Crippen molar-refractivity contribution in [1.29, 1.82) is 0 Å². The second kappa shape index (κ2) is 8.33. The third kappa shape index (κ3) is 4.24. The topological polar surface area (TPSA) is 35.6 Å². The molecule has 2 fully saturated rings. The molecule has 2 aliphatic heterocycles. The Morgan fingerprint density at radius 3 is 2.44 bits per heavy atom. The van der Waals surface area contributed by atoms with Crippen molar-refractivity contribution in [2.75, 3.05) is 32.7 Å². The molecule has 1 aromatic carbocycles. The Morgan fingerprint density at radius 1 is 1.16 bits per heavy atom. The Labute approximate surface area is 152 Å². The van der Waals surface area contributed by atoms with Crippen LogP contribution in [-0.4, -0.2) is 54.5 Å². The molecular weight excluding hydrogens is 310 g/mol. The average molecular weight is 344 g/mol. The minimum atomic E-state index is 0.176. The van der Waals surface area contributed by atoms with Crippen molar-refractivity contribution in [2.45, 2.75) is 52.1 Å². The zero-order valence-corrected chi connectivity index (χ0v) is 16.0. The number of aryl methyl sites for hydroxylation is 1.